The van der Waals surface area contributed by atoms with Gasteiger partial charge in [-0.05, 0) is 97.8 Å². The molecule has 2 atom stereocenters. The van der Waals surface area contributed by atoms with Gasteiger partial charge < -0.3 is 19.6 Å². The molecule has 4 heteroatoms. The highest BCUT2D eigenvalue weighted by atomic mass is 15.1. The van der Waals surface area contributed by atoms with Crippen LogP contribution in [0.15, 0.2) is 133 Å². The van der Waals surface area contributed by atoms with E-state index in [1.807, 2.05) is 12.1 Å². The molecule has 0 spiro atoms. The molecule has 0 aromatic heterocycles. The molecule has 42 heavy (non-hydrogen) atoms. The molecule has 0 aliphatic carbocycles. The lowest BCUT2D eigenvalue weighted by Gasteiger charge is -2.30. The Labute approximate surface area is 252 Å². The molecule has 5 rings (SSSR count). The molecule has 0 bridgehead atoms. The first kappa shape index (κ1) is 28.8. The molecule has 0 saturated heterocycles. The smallest absolute Gasteiger partial charge is 0.0511 e. The van der Waals surface area contributed by atoms with Gasteiger partial charge in [0.05, 0.1) is 12.1 Å². The SMILES string of the molecule is CC(c1ccc(C(C)N(C)c2ccc(N(C)c3ccccc3)cc2)cc1)N(C)c1ccc(N(C)c2ccccc2)cc1. The molecule has 4 nitrogen and oxygen atoms in total. The highest BCUT2D eigenvalue weighted by Gasteiger charge is 2.16. The first-order valence-electron chi connectivity index (χ1n) is 14.7. The van der Waals surface area contributed by atoms with Crippen molar-refractivity contribution >= 4 is 34.1 Å². The predicted molar refractivity (Wildman–Crippen MR) is 182 cm³/mol. The van der Waals surface area contributed by atoms with Gasteiger partial charge in [0.15, 0.2) is 0 Å². The van der Waals surface area contributed by atoms with Crippen LogP contribution in [0.1, 0.15) is 37.1 Å². The van der Waals surface area contributed by atoms with E-state index in [9.17, 15) is 0 Å². The summed E-state index contributed by atoms with van der Waals surface area (Å²) in [5.41, 5.74) is 9.71. The third-order valence-corrected chi connectivity index (χ3v) is 8.64. The Morgan fingerprint density at radius 1 is 0.333 bits per heavy atom. The van der Waals surface area contributed by atoms with E-state index >= 15 is 0 Å². The van der Waals surface area contributed by atoms with Gasteiger partial charge in [-0.2, -0.15) is 0 Å². The molecule has 5 aromatic rings. The van der Waals surface area contributed by atoms with Crippen molar-refractivity contribution in [2.75, 3.05) is 47.8 Å². The van der Waals surface area contributed by atoms with Gasteiger partial charge in [0.1, 0.15) is 0 Å². The molecule has 214 valence electrons. The molecule has 5 aromatic carbocycles. The normalized spacial score (nSPS) is 12.3. The van der Waals surface area contributed by atoms with Crippen LogP contribution in [0.3, 0.4) is 0 Å². The zero-order chi connectivity index (χ0) is 29.6. The van der Waals surface area contributed by atoms with Crippen LogP contribution < -0.4 is 19.6 Å². The summed E-state index contributed by atoms with van der Waals surface area (Å²) in [4.78, 5) is 9.10. The molecule has 0 heterocycles. The van der Waals surface area contributed by atoms with Crippen LogP contribution in [0.25, 0.3) is 0 Å². The zero-order valence-corrected chi connectivity index (χ0v) is 25.6. The predicted octanol–water partition coefficient (Wildman–Crippen LogP) is 9.62. The Hall–Kier alpha value is -4.70. The van der Waals surface area contributed by atoms with E-state index < -0.39 is 0 Å². The molecular weight excluding hydrogens is 512 g/mol. The van der Waals surface area contributed by atoms with Gasteiger partial charge in [0.2, 0.25) is 0 Å². The summed E-state index contributed by atoms with van der Waals surface area (Å²) in [6, 6.07) is 48.1. The first-order valence-corrected chi connectivity index (χ1v) is 14.7. The average Bonchev–Trinajstić information content (AvgIpc) is 3.07. The van der Waals surface area contributed by atoms with Crippen LogP contribution in [0, 0.1) is 0 Å². The molecule has 0 radical (unpaired) electrons. The Morgan fingerprint density at radius 2 is 0.595 bits per heavy atom. The molecule has 0 aliphatic heterocycles. The highest BCUT2D eigenvalue weighted by molar-refractivity contribution is 5.66. The van der Waals surface area contributed by atoms with E-state index in [1.54, 1.807) is 0 Å². The fourth-order valence-corrected chi connectivity index (χ4v) is 5.37. The minimum atomic E-state index is 0.249. The second-order valence-electron chi connectivity index (χ2n) is 11.1. The molecule has 2 unspecified atom stereocenters. The van der Waals surface area contributed by atoms with Crippen molar-refractivity contribution in [3.05, 3.63) is 145 Å². The van der Waals surface area contributed by atoms with Crippen LogP contribution in [-0.2, 0) is 0 Å². The van der Waals surface area contributed by atoms with Crippen molar-refractivity contribution in [2.45, 2.75) is 25.9 Å². The monoisotopic (exact) mass is 554 g/mol. The van der Waals surface area contributed by atoms with Gasteiger partial charge in [-0.25, -0.2) is 0 Å². The lowest BCUT2D eigenvalue weighted by molar-refractivity contribution is 0.726. The maximum Gasteiger partial charge on any atom is 0.0511 e. The van der Waals surface area contributed by atoms with Crippen molar-refractivity contribution in [3.63, 3.8) is 0 Å². The van der Waals surface area contributed by atoms with Gasteiger partial charge in [-0.3, -0.25) is 0 Å². The molecule has 0 amide bonds. The summed E-state index contributed by atoms with van der Waals surface area (Å²) in [7, 11) is 8.56. The van der Waals surface area contributed by atoms with Gasteiger partial charge >= 0.3 is 0 Å². The standard InChI is InChI=1S/C38H42N4/c1-29(39(3)35-21-25-37(26-22-35)41(5)33-13-9-7-10-14-33)31-17-19-32(20-18-31)30(2)40(4)36-23-27-38(28-24-36)42(6)34-15-11-8-12-16-34/h7-30H,1-6H3. The molecular formula is C38H42N4. The largest absolute Gasteiger partial charge is 0.368 e. The van der Waals surface area contributed by atoms with Crippen molar-refractivity contribution in [3.8, 4) is 0 Å². The summed E-state index contributed by atoms with van der Waals surface area (Å²) in [6.45, 7) is 4.53. The lowest BCUT2D eigenvalue weighted by atomic mass is 10.0. The van der Waals surface area contributed by atoms with Crippen LogP contribution in [-0.4, -0.2) is 28.2 Å². The summed E-state index contributed by atoms with van der Waals surface area (Å²) in [6.07, 6.45) is 0. The van der Waals surface area contributed by atoms with E-state index in [-0.39, 0.29) is 12.1 Å². The fourth-order valence-electron chi connectivity index (χ4n) is 5.37. The Balaban J connectivity index is 1.22. The zero-order valence-electron chi connectivity index (χ0n) is 25.6. The van der Waals surface area contributed by atoms with Crippen LogP contribution in [0.5, 0.6) is 0 Å². The molecule has 0 N–H and O–H groups in total. The van der Waals surface area contributed by atoms with Gasteiger partial charge in [-0.15, -0.1) is 0 Å². The van der Waals surface area contributed by atoms with Crippen LogP contribution in [0.4, 0.5) is 34.1 Å². The Kier molecular flexibility index (Phi) is 8.83. The van der Waals surface area contributed by atoms with E-state index in [0.29, 0.717) is 0 Å². The minimum absolute atomic E-state index is 0.249. The number of hydrogen-bond acceptors (Lipinski definition) is 4. The van der Waals surface area contributed by atoms with Crippen molar-refractivity contribution in [1.29, 1.82) is 0 Å². The number of hydrogen-bond donors (Lipinski definition) is 0. The number of rotatable bonds is 10. The Bertz CT molecular complexity index is 1410. The summed E-state index contributed by atoms with van der Waals surface area (Å²) >= 11 is 0. The lowest BCUT2D eigenvalue weighted by Crippen LogP contribution is -2.23. The quantitative estimate of drug-likeness (QED) is 0.170. The third-order valence-electron chi connectivity index (χ3n) is 8.64. The Morgan fingerprint density at radius 3 is 0.905 bits per heavy atom. The van der Waals surface area contributed by atoms with E-state index in [2.05, 4.69) is 183 Å². The van der Waals surface area contributed by atoms with Crippen molar-refractivity contribution < 1.29 is 0 Å². The number of para-hydroxylation sites is 2. The topological polar surface area (TPSA) is 13.0 Å². The van der Waals surface area contributed by atoms with Crippen molar-refractivity contribution in [2.24, 2.45) is 0 Å². The summed E-state index contributed by atoms with van der Waals surface area (Å²) < 4.78 is 0. The van der Waals surface area contributed by atoms with Crippen LogP contribution in [0.2, 0.25) is 0 Å². The molecule has 0 fully saturated rings. The number of anilines is 6. The summed E-state index contributed by atoms with van der Waals surface area (Å²) in [5, 5.41) is 0. The molecule has 0 aliphatic rings. The minimum Gasteiger partial charge on any atom is -0.368 e. The fraction of sp³-hybridized carbons (Fsp3) is 0.211. The maximum atomic E-state index is 2.34. The third kappa shape index (κ3) is 6.28. The van der Waals surface area contributed by atoms with Crippen LogP contribution >= 0.6 is 0 Å². The highest BCUT2D eigenvalue weighted by Crippen LogP contribution is 2.32. The first-order chi connectivity index (χ1) is 20.3. The van der Waals surface area contributed by atoms with Gasteiger partial charge in [-0.1, -0.05) is 60.7 Å². The molecule has 0 saturated carbocycles. The maximum absolute atomic E-state index is 2.34. The van der Waals surface area contributed by atoms with Gasteiger partial charge in [0.25, 0.3) is 0 Å². The average molecular weight is 555 g/mol. The number of benzene rings is 5. The van der Waals surface area contributed by atoms with E-state index in [4.69, 9.17) is 0 Å². The summed E-state index contributed by atoms with van der Waals surface area (Å²) in [5.74, 6) is 0. The second-order valence-corrected chi connectivity index (χ2v) is 11.1. The van der Waals surface area contributed by atoms with E-state index in [1.165, 1.54) is 45.3 Å². The van der Waals surface area contributed by atoms with E-state index in [0.717, 1.165) is 0 Å². The van der Waals surface area contributed by atoms with Gasteiger partial charge in [0, 0.05) is 62.3 Å². The van der Waals surface area contributed by atoms with Crippen molar-refractivity contribution in [1.82, 2.24) is 0 Å². The second kappa shape index (κ2) is 12.9. The number of nitrogens with zero attached hydrogens (tertiary/aromatic N) is 4.